The Bertz CT molecular complexity index is 395. The van der Waals surface area contributed by atoms with Crippen molar-refractivity contribution in [2.24, 2.45) is 0 Å². The molecule has 1 aromatic carbocycles. The van der Waals surface area contributed by atoms with Crippen molar-refractivity contribution in [1.29, 1.82) is 0 Å². The first-order valence-electron chi connectivity index (χ1n) is 3.54. The highest BCUT2D eigenvalue weighted by molar-refractivity contribution is 6.39. The fourth-order valence-electron chi connectivity index (χ4n) is 0.858. The van der Waals surface area contributed by atoms with Gasteiger partial charge in [-0.2, -0.15) is 0 Å². The Hall–Kier alpha value is -2.24. The maximum atomic E-state index is 10.9. The van der Waals surface area contributed by atoms with E-state index in [1.165, 1.54) is 0 Å². The number of hydrogen-bond acceptors (Lipinski definition) is 4. The number of rotatable bonds is 3. The third-order valence-electron chi connectivity index (χ3n) is 1.53. The molecule has 0 spiro atoms. The van der Waals surface area contributed by atoms with Crippen LogP contribution in [0, 0.1) is 10.1 Å². The van der Waals surface area contributed by atoms with Gasteiger partial charge in [0.15, 0.2) is 0 Å². The average molecular weight is 196 g/mol. The summed E-state index contributed by atoms with van der Waals surface area (Å²) in [4.78, 5) is 30.7. The van der Waals surface area contributed by atoms with E-state index in [-0.39, 0.29) is 11.3 Å². The summed E-state index contributed by atoms with van der Waals surface area (Å²) in [6.45, 7) is 0. The molecular formula is C8H5NO5. The third-order valence-corrected chi connectivity index (χ3v) is 1.53. The average Bonchev–Trinajstić information content (AvgIpc) is 2.16. The summed E-state index contributed by atoms with van der Waals surface area (Å²) in [5.74, 6) is -2.67. The van der Waals surface area contributed by atoms with Crippen molar-refractivity contribution in [2.75, 3.05) is 0 Å². The van der Waals surface area contributed by atoms with Crippen molar-refractivity contribution in [3.63, 3.8) is 0 Å². The molecule has 0 saturated heterocycles. The van der Waals surface area contributed by atoms with Crippen LogP contribution in [0.1, 0.15) is 10.4 Å². The molecule has 0 heterocycles. The van der Waals surface area contributed by atoms with Gasteiger partial charge in [-0.1, -0.05) is 0 Å². The molecule has 0 aliphatic heterocycles. The highest BCUT2D eigenvalue weighted by Gasteiger charge is 2.15. The molecule has 0 saturated carbocycles. The third kappa shape index (κ3) is 1.92. The van der Waals surface area contributed by atoms with Crippen LogP contribution in [0.25, 0.3) is 0 Å². The van der Waals surface area contributed by atoms with Crippen LogP contribution in [-0.2, 0) is 4.79 Å². The molecule has 1 rings (SSSR count). The zero-order valence-corrected chi connectivity index (χ0v) is 6.84. The number of carbonyl (C=O) groups excluding carboxylic acids is 1. The Kier molecular flexibility index (Phi) is 2.57. The summed E-state index contributed by atoms with van der Waals surface area (Å²) >= 11 is 0. The van der Waals surface area contributed by atoms with Gasteiger partial charge in [0.2, 0.25) is 0 Å². The Balaban J connectivity index is 3.00. The number of ketones is 1. The monoisotopic (exact) mass is 196 g/mol. The van der Waals surface area contributed by atoms with Gasteiger partial charge in [0.25, 0.3) is 11.5 Å². The molecule has 14 heavy (non-hydrogen) atoms. The molecule has 0 aliphatic rings. The van der Waals surface area contributed by atoms with E-state index in [4.69, 9.17) is 5.11 Å². The van der Waals surface area contributed by atoms with Gasteiger partial charge in [-0.25, -0.2) is 4.79 Å². The number of benzene rings is 1. The van der Waals surface area contributed by atoms with Crippen molar-refractivity contribution < 1.29 is 19.6 Å². The van der Waals surface area contributed by atoms with E-state index in [0.717, 1.165) is 24.3 Å². The molecule has 0 unspecified atom stereocenters. The van der Waals surface area contributed by atoms with Crippen molar-refractivity contribution in [3.05, 3.63) is 39.9 Å². The SMILES string of the molecule is O=C(O)[13C](=O)c1ccc([N+](=O)[O-])cc1. The molecule has 0 aromatic heterocycles. The molecule has 0 aliphatic carbocycles. The Morgan fingerprint density at radius 3 is 2.07 bits per heavy atom. The lowest BCUT2D eigenvalue weighted by molar-refractivity contribution is -0.384. The van der Waals surface area contributed by atoms with Crippen LogP contribution in [0.2, 0.25) is 0 Å². The van der Waals surface area contributed by atoms with Gasteiger partial charge in [-0.05, 0) is 12.1 Å². The largest absolute Gasteiger partial charge is 0.475 e. The Morgan fingerprint density at radius 1 is 1.21 bits per heavy atom. The van der Waals surface area contributed by atoms with Crippen LogP contribution in [0.15, 0.2) is 24.3 Å². The van der Waals surface area contributed by atoms with E-state index in [9.17, 15) is 19.7 Å². The molecule has 6 heteroatoms. The van der Waals surface area contributed by atoms with Crippen molar-refractivity contribution in [3.8, 4) is 0 Å². The second kappa shape index (κ2) is 3.65. The lowest BCUT2D eigenvalue weighted by Gasteiger charge is -1.94. The van der Waals surface area contributed by atoms with Gasteiger partial charge in [0, 0.05) is 17.7 Å². The first-order chi connectivity index (χ1) is 6.52. The van der Waals surface area contributed by atoms with E-state index in [0.29, 0.717) is 0 Å². The number of nitro groups is 1. The van der Waals surface area contributed by atoms with Crippen molar-refractivity contribution in [1.82, 2.24) is 0 Å². The van der Waals surface area contributed by atoms with Crippen LogP contribution in [-0.4, -0.2) is 21.8 Å². The predicted octanol–water partition coefficient (Wildman–Crippen LogP) is 0.862. The number of carboxylic acids is 1. The first kappa shape index (κ1) is 9.85. The molecule has 1 N–H and O–H groups in total. The molecule has 6 nitrogen and oxygen atoms in total. The van der Waals surface area contributed by atoms with Gasteiger partial charge in [0.1, 0.15) is 0 Å². The summed E-state index contributed by atoms with van der Waals surface area (Å²) in [6, 6.07) is 4.37. The fourth-order valence-corrected chi connectivity index (χ4v) is 0.858. The van der Waals surface area contributed by atoms with E-state index in [1.54, 1.807) is 0 Å². The van der Waals surface area contributed by atoms with Crippen molar-refractivity contribution in [2.45, 2.75) is 0 Å². The second-order valence-electron chi connectivity index (χ2n) is 2.44. The minimum absolute atomic E-state index is 0.0805. The zero-order chi connectivity index (χ0) is 10.7. The maximum absolute atomic E-state index is 10.9. The second-order valence-corrected chi connectivity index (χ2v) is 2.44. The summed E-state index contributed by atoms with van der Waals surface area (Å²) in [6.07, 6.45) is 0. The van der Waals surface area contributed by atoms with Gasteiger partial charge in [-0.3, -0.25) is 14.9 Å². The topological polar surface area (TPSA) is 97.5 Å². The number of carbonyl (C=O) groups is 2. The number of Topliss-reactive ketones (excluding diaryl/α,β-unsaturated/α-hetero) is 1. The number of carboxylic acid groups (broad SMARTS) is 1. The number of aliphatic carboxylic acids is 1. The highest BCUT2D eigenvalue weighted by atomic mass is 16.6. The maximum Gasteiger partial charge on any atom is 0.377 e. The highest BCUT2D eigenvalue weighted by Crippen LogP contribution is 2.12. The molecular weight excluding hydrogens is 191 g/mol. The van der Waals surface area contributed by atoms with Crippen LogP contribution in [0.4, 0.5) is 5.69 Å². The van der Waals surface area contributed by atoms with E-state index in [2.05, 4.69) is 0 Å². The van der Waals surface area contributed by atoms with Crippen LogP contribution in [0.3, 0.4) is 0 Å². The molecule has 72 valence electrons. The molecule has 0 atom stereocenters. The first-order valence-corrected chi connectivity index (χ1v) is 3.54. The summed E-state index contributed by atoms with van der Waals surface area (Å²) in [5.41, 5.74) is -0.268. The van der Waals surface area contributed by atoms with Crippen LogP contribution < -0.4 is 0 Å². The van der Waals surface area contributed by atoms with Gasteiger partial charge < -0.3 is 5.11 Å². The molecule has 0 radical (unpaired) electrons. The normalized spacial score (nSPS) is 9.43. The van der Waals surface area contributed by atoms with Gasteiger partial charge in [0.05, 0.1) is 4.92 Å². The Labute approximate surface area is 77.9 Å². The summed E-state index contributed by atoms with van der Waals surface area (Å²) in [5, 5.41) is 18.6. The number of nitro benzene ring substituents is 1. The number of non-ortho nitro benzene ring substituents is 1. The lowest BCUT2D eigenvalue weighted by Crippen LogP contribution is -2.12. The minimum Gasteiger partial charge on any atom is -0.475 e. The molecule has 1 aromatic rings. The molecule has 0 amide bonds. The van der Waals surface area contributed by atoms with Gasteiger partial charge in [-0.15, -0.1) is 0 Å². The van der Waals surface area contributed by atoms with E-state index in [1.807, 2.05) is 0 Å². The zero-order valence-electron chi connectivity index (χ0n) is 6.84. The molecule has 0 bridgehead atoms. The summed E-state index contributed by atoms with van der Waals surface area (Å²) < 4.78 is 0. The quantitative estimate of drug-likeness (QED) is 0.254. The van der Waals surface area contributed by atoms with Gasteiger partial charge >= 0.3 is 5.97 Å². The van der Waals surface area contributed by atoms with E-state index < -0.39 is 16.7 Å². The van der Waals surface area contributed by atoms with E-state index >= 15 is 0 Å². The standard InChI is InChI=1S/C8H5NO5/c10-7(8(11)12)5-1-3-6(4-2-5)9(13)14/h1-4H,(H,11,12)/i7+1. The smallest absolute Gasteiger partial charge is 0.377 e. The van der Waals surface area contributed by atoms with Crippen molar-refractivity contribution >= 4 is 17.4 Å². The minimum atomic E-state index is -1.58. The van der Waals surface area contributed by atoms with Crippen LogP contribution in [0.5, 0.6) is 0 Å². The Morgan fingerprint density at radius 2 is 1.71 bits per heavy atom. The summed E-state index contributed by atoms with van der Waals surface area (Å²) in [7, 11) is 0. The lowest BCUT2D eigenvalue weighted by atomic mass is 10.2. The number of nitrogens with zero attached hydrogens (tertiary/aromatic N) is 1. The fraction of sp³-hybridized carbons (Fsp3) is 0. The van der Waals surface area contributed by atoms with Crippen LogP contribution >= 0.6 is 0 Å². The molecule has 0 fully saturated rings. The number of hydrogen-bond donors (Lipinski definition) is 1. The predicted molar refractivity (Wildman–Crippen MR) is 45.1 cm³/mol.